The number of carbonyl (C=O) groups excluding carboxylic acids is 2. The number of ether oxygens (including phenoxy) is 1. The number of urea groups is 1. The van der Waals surface area contributed by atoms with Crippen LogP contribution in [0, 0.1) is 0 Å². The molecule has 3 aromatic carbocycles. The van der Waals surface area contributed by atoms with Gasteiger partial charge in [0.25, 0.3) is 5.91 Å². The van der Waals surface area contributed by atoms with Crippen molar-refractivity contribution in [2.75, 3.05) is 17.2 Å². The van der Waals surface area contributed by atoms with E-state index in [-0.39, 0.29) is 12.5 Å². The van der Waals surface area contributed by atoms with E-state index in [0.717, 1.165) is 12.0 Å². The molecule has 0 aliphatic heterocycles. The number of nitrogens with one attached hydrogen (secondary N) is 2. The zero-order valence-electron chi connectivity index (χ0n) is 15.2. The quantitative estimate of drug-likeness (QED) is 0.586. The van der Waals surface area contributed by atoms with Crippen molar-refractivity contribution in [3.8, 4) is 5.75 Å². The van der Waals surface area contributed by atoms with E-state index in [0.29, 0.717) is 17.1 Å². The molecule has 3 amide bonds. The van der Waals surface area contributed by atoms with Gasteiger partial charge in [0.2, 0.25) is 0 Å². The van der Waals surface area contributed by atoms with Crippen LogP contribution < -0.4 is 21.1 Å². The normalized spacial score (nSPS) is 10.1. The van der Waals surface area contributed by atoms with E-state index in [1.807, 2.05) is 42.5 Å². The molecule has 0 saturated heterocycles. The second kappa shape index (κ2) is 9.23. The van der Waals surface area contributed by atoms with E-state index in [2.05, 4.69) is 22.8 Å². The number of rotatable bonds is 7. The van der Waals surface area contributed by atoms with E-state index in [1.54, 1.807) is 24.3 Å². The molecule has 0 radical (unpaired) electrons. The molecule has 6 nitrogen and oxygen atoms in total. The number of nitrogens with two attached hydrogens (primary N) is 1. The predicted octanol–water partition coefficient (Wildman–Crippen LogP) is 3.79. The number of primary amides is 1. The molecule has 0 aliphatic carbocycles. The Morgan fingerprint density at radius 1 is 0.821 bits per heavy atom. The summed E-state index contributed by atoms with van der Waals surface area (Å²) < 4.78 is 5.74. The topological polar surface area (TPSA) is 93.5 Å². The Morgan fingerprint density at radius 3 is 2.25 bits per heavy atom. The molecule has 0 heterocycles. The first-order valence-corrected chi connectivity index (χ1v) is 8.81. The Kier molecular flexibility index (Phi) is 6.25. The van der Waals surface area contributed by atoms with Gasteiger partial charge in [0.1, 0.15) is 5.75 Å². The van der Waals surface area contributed by atoms with Crippen LogP contribution in [0.2, 0.25) is 0 Å². The highest BCUT2D eigenvalue weighted by Gasteiger charge is 2.08. The van der Waals surface area contributed by atoms with E-state index in [9.17, 15) is 9.59 Å². The molecular weight excluding hydrogens is 354 g/mol. The van der Waals surface area contributed by atoms with Crippen LogP contribution in [0.5, 0.6) is 5.75 Å². The minimum absolute atomic E-state index is 0.126. The fourth-order valence-electron chi connectivity index (χ4n) is 2.76. The van der Waals surface area contributed by atoms with Crippen LogP contribution in [0.4, 0.5) is 16.2 Å². The Balaban J connectivity index is 1.60. The van der Waals surface area contributed by atoms with E-state index in [4.69, 9.17) is 10.5 Å². The van der Waals surface area contributed by atoms with Crippen molar-refractivity contribution in [1.29, 1.82) is 0 Å². The summed E-state index contributed by atoms with van der Waals surface area (Å²) in [6, 6.07) is 23.8. The maximum Gasteiger partial charge on any atom is 0.316 e. The Morgan fingerprint density at radius 2 is 1.50 bits per heavy atom. The average molecular weight is 375 g/mol. The molecule has 3 aromatic rings. The van der Waals surface area contributed by atoms with Gasteiger partial charge in [-0.2, -0.15) is 0 Å². The lowest BCUT2D eigenvalue weighted by atomic mass is 10.0. The summed E-state index contributed by atoms with van der Waals surface area (Å²) >= 11 is 0. The molecule has 142 valence electrons. The van der Waals surface area contributed by atoms with Gasteiger partial charge in [0.15, 0.2) is 6.61 Å². The molecule has 0 aromatic heterocycles. The van der Waals surface area contributed by atoms with Crippen LogP contribution >= 0.6 is 0 Å². The van der Waals surface area contributed by atoms with Crippen molar-refractivity contribution in [3.05, 3.63) is 90.0 Å². The van der Waals surface area contributed by atoms with Gasteiger partial charge >= 0.3 is 6.03 Å². The molecule has 28 heavy (non-hydrogen) atoms. The van der Waals surface area contributed by atoms with Crippen LogP contribution in [0.1, 0.15) is 11.1 Å². The van der Waals surface area contributed by atoms with Crippen LogP contribution in [-0.2, 0) is 11.2 Å². The molecule has 4 N–H and O–H groups in total. The zero-order chi connectivity index (χ0) is 19.8. The number of amides is 3. The van der Waals surface area contributed by atoms with E-state index < -0.39 is 6.03 Å². The second-order valence-electron chi connectivity index (χ2n) is 6.18. The van der Waals surface area contributed by atoms with Gasteiger partial charge in [-0.15, -0.1) is 0 Å². The number of carbonyl (C=O) groups is 2. The number of hydrogen-bond acceptors (Lipinski definition) is 3. The molecule has 0 atom stereocenters. The first-order valence-electron chi connectivity index (χ1n) is 8.81. The van der Waals surface area contributed by atoms with Gasteiger partial charge < -0.3 is 21.1 Å². The third kappa shape index (κ3) is 5.60. The Labute approximate surface area is 163 Å². The first-order chi connectivity index (χ1) is 13.6. The summed E-state index contributed by atoms with van der Waals surface area (Å²) in [7, 11) is 0. The molecule has 0 unspecified atom stereocenters. The summed E-state index contributed by atoms with van der Waals surface area (Å²) in [6.45, 7) is -0.126. The number of anilines is 2. The van der Waals surface area contributed by atoms with Gasteiger partial charge in [-0.05, 0) is 35.4 Å². The van der Waals surface area contributed by atoms with Crippen molar-refractivity contribution in [3.63, 3.8) is 0 Å². The average Bonchev–Trinajstić information content (AvgIpc) is 2.68. The highest BCUT2D eigenvalue weighted by Crippen LogP contribution is 2.21. The number of hydrogen-bond donors (Lipinski definition) is 3. The monoisotopic (exact) mass is 375 g/mol. The molecule has 0 fully saturated rings. The molecule has 6 heteroatoms. The van der Waals surface area contributed by atoms with Gasteiger partial charge in [0.05, 0.1) is 0 Å². The predicted molar refractivity (Wildman–Crippen MR) is 109 cm³/mol. The molecule has 0 aliphatic rings. The van der Waals surface area contributed by atoms with Gasteiger partial charge in [-0.25, -0.2) is 4.79 Å². The lowest BCUT2D eigenvalue weighted by molar-refractivity contribution is -0.118. The molecule has 0 saturated carbocycles. The van der Waals surface area contributed by atoms with Crippen molar-refractivity contribution in [2.45, 2.75) is 6.42 Å². The zero-order valence-corrected chi connectivity index (χ0v) is 15.2. The molecule has 0 spiro atoms. The van der Waals surface area contributed by atoms with Gasteiger partial charge in [-0.3, -0.25) is 4.79 Å². The Hall–Kier alpha value is -3.80. The van der Waals surface area contributed by atoms with Crippen LogP contribution in [0.15, 0.2) is 78.9 Å². The number of para-hydroxylation sites is 1. The fourth-order valence-corrected chi connectivity index (χ4v) is 2.76. The molecule has 3 rings (SSSR count). The van der Waals surface area contributed by atoms with Crippen molar-refractivity contribution in [1.82, 2.24) is 0 Å². The lowest BCUT2D eigenvalue weighted by Crippen LogP contribution is -2.21. The lowest BCUT2D eigenvalue weighted by Gasteiger charge is -2.12. The van der Waals surface area contributed by atoms with Crippen molar-refractivity contribution >= 4 is 23.3 Å². The summed E-state index contributed by atoms with van der Waals surface area (Å²) in [4.78, 5) is 23.2. The van der Waals surface area contributed by atoms with Gasteiger partial charge in [-0.1, -0.05) is 54.6 Å². The third-order valence-corrected chi connectivity index (χ3v) is 3.98. The van der Waals surface area contributed by atoms with E-state index >= 15 is 0 Å². The Bertz CT molecular complexity index is 958. The fraction of sp³-hybridized carbons (Fsp3) is 0.0909. The highest BCUT2D eigenvalue weighted by molar-refractivity contribution is 5.93. The van der Waals surface area contributed by atoms with Crippen LogP contribution in [-0.4, -0.2) is 18.5 Å². The summed E-state index contributed by atoms with van der Waals surface area (Å²) in [5.41, 5.74) is 8.32. The third-order valence-electron chi connectivity index (χ3n) is 3.98. The minimum Gasteiger partial charge on any atom is -0.483 e. The summed E-state index contributed by atoms with van der Waals surface area (Å²) in [6.07, 6.45) is 0.722. The number of benzene rings is 3. The largest absolute Gasteiger partial charge is 0.483 e. The van der Waals surface area contributed by atoms with Gasteiger partial charge in [0, 0.05) is 17.8 Å². The second-order valence-corrected chi connectivity index (χ2v) is 6.18. The maximum absolute atomic E-state index is 12.2. The van der Waals surface area contributed by atoms with Crippen LogP contribution in [0.3, 0.4) is 0 Å². The minimum atomic E-state index is -0.665. The summed E-state index contributed by atoms with van der Waals surface area (Å²) in [5.74, 6) is 0.372. The highest BCUT2D eigenvalue weighted by atomic mass is 16.5. The van der Waals surface area contributed by atoms with E-state index in [1.165, 1.54) is 5.56 Å². The molecular formula is C22H21N3O3. The van der Waals surface area contributed by atoms with Crippen molar-refractivity contribution in [2.24, 2.45) is 5.73 Å². The standard InChI is InChI=1S/C22H21N3O3/c23-22(27)25-19-11-6-10-18(14-19)24-21(26)15-28-20-12-5-4-9-17(20)13-16-7-2-1-3-8-16/h1-12,14H,13,15H2,(H,24,26)(H3,23,25,27). The molecule has 0 bridgehead atoms. The van der Waals surface area contributed by atoms with Crippen LogP contribution in [0.25, 0.3) is 0 Å². The SMILES string of the molecule is NC(=O)Nc1cccc(NC(=O)COc2ccccc2Cc2ccccc2)c1. The summed E-state index contributed by atoms with van der Waals surface area (Å²) in [5, 5.41) is 5.20. The smallest absolute Gasteiger partial charge is 0.316 e. The van der Waals surface area contributed by atoms with Crippen molar-refractivity contribution < 1.29 is 14.3 Å². The first kappa shape index (κ1) is 19.0. The maximum atomic E-state index is 12.2.